The molecular weight excluding hydrogens is 550 g/mol. The van der Waals surface area contributed by atoms with E-state index in [1.165, 1.54) is 0 Å². The maximum absolute atomic E-state index is 16.8. The third-order valence-corrected chi connectivity index (χ3v) is 10.2. The van der Waals surface area contributed by atoms with Gasteiger partial charge >= 0.3 is 6.01 Å². The largest absolute Gasteiger partial charge is 0.480 e. The topological polar surface area (TPSA) is 75.6 Å². The maximum atomic E-state index is 16.8. The lowest BCUT2D eigenvalue weighted by atomic mass is 9.95. The van der Waals surface area contributed by atoms with Crippen LogP contribution < -0.4 is 19.7 Å². The Hall–Kier alpha value is -3.63. The Balaban J connectivity index is 1.30. The van der Waals surface area contributed by atoms with E-state index in [0.717, 1.165) is 49.5 Å². The first-order valence-electron chi connectivity index (χ1n) is 15.4. The van der Waals surface area contributed by atoms with Crippen molar-refractivity contribution in [3.63, 3.8) is 0 Å². The number of alkyl halides is 1. The molecule has 0 saturated carbocycles. The molecule has 10 heteroatoms. The quantitative estimate of drug-likeness (QED) is 0.327. The van der Waals surface area contributed by atoms with Crippen molar-refractivity contribution in [3.05, 3.63) is 48.3 Å². The van der Waals surface area contributed by atoms with E-state index in [1.807, 2.05) is 42.5 Å². The van der Waals surface area contributed by atoms with Gasteiger partial charge in [0.15, 0.2) is 5.82 Å². The summed E-state index contributed by atoms with van der Waals surface area (Å²) in [4.78, 5) is 18.8. The SMILES string of the molecule is COc1nc(-c2cccc3ccccc23)c(F)c2nc(OC[C@@]34CCCN3C[C@H](F)C4)nc(N3C[C@H]4CC[C@H](N4)[C@H]3C)c12. The third-order valence-electron chi connectivity index (χ3n) is 10.2. The number of fused-ring (bicyclic) bond motifs is 5. The van der Waals surface area contributed by atoms with Gasteiger partial charge in [0.1, 0.15) is 35.2 Å². The highest BCUT2D eigenvalue weighted by Crippen LogP contribution is 2.43. The van der Waals surface area contributed by atoms with Crippen molar-refractivity contribution in [2.45, 2.75) is 68.9 Å². The summed E-state index contributed by atoms with van der Waals surface area (Å²) in [6, 6.07) is 14.5. The van der Waals surface area contributed by atoms with Crippen molar-refractivity contribution in [1.29, 1.82) is 0 Å². The summed E-state index contributed by atoms with van der Waals surface area (Å²) in [6.45, 7) is 4.45. The molecule has 2 aromatic heterocycles. The van der Waals surface area contributed by atoms with Gasteiger partial charge in [0.25, 0.3) is 0 Å². The number of anilines is 1. The van der Waals surface area contributed by atoms with Crippen LogP contribution in [0.1, 0.15) is 39.0 Å². The number of benzene rings is 2. The van der Waals surface area contributed by atoms with Gasteiger partial charge in [-0.2, -0.15) is 9.97 Å². The van der Waals surface area contributed by atoms with Gasteiger partial charge in [0, 0.05) is 43.2 Å². The van der Waals surface area contributed by atoms with Gasteiger partial charge in [-0.1, -0.05) is 42.5 Å². The van der Waals surface area contributed by atoms with Crippen LogP contribution >= 0.6 is 0 Å². The van der Waals surface area contributed by atoms with Crippen molar-refractivity contribution < 1.29 is 18.3 Å². The van der Waals surface area contributed by atoms with E-state index in [-0.39, 0.29) is 41.3 Å². The number of halogens is 2. The minimum Gasteiger partial charge on any atom is -0.480 e. The van der Waals surface area contributed by atoms with Gasteiger partial charge in [-0.3, -0.25) is 4.90 Å². The number of aromatic nitrogens is 3. The molecule has 4 saturated heterocycles. The standard InChI is InChI=1S/C33H36F2N6O2/c1-19-25-12-11-22(36-25)17-41(19)30-26-29(38-32(39-30)43-18-33-13-6-14-40(33)16-21(34)15-33)27(35)28(37-31(26)42-2)24-10-5-8-20-7-3-4-9-23(20)24/h3-5,7-10,19,21-22,25,36H,6,11-18H2,1-2H3/t19-,21-,22-,25+,33+/m1/s1. The van der Waals surface area contributed by atoms with Gasteiger partial charge in [-0.05, 0) is 49.9 Å². The molecule has 4 aromatic rings. The Morgan fingerprint density at radius 3 is 2.81 bits per heavy atom. The second-order valence-electron chi connectivity index (χ2n) is 12.7. The molecule has 4 aliphatic rings. The number of methoxy groups -OCH3 is 1. The molecule has 1 N–H and O–H groups in total. The minimum atomic E-state index is -0.870. The van der Waals surface area contributed by atoms with Gasteiger partial charge in [0.05, 0.1) is 12.6 Å². The first kappa shape index (κ1) is 27.0. The Kier molecular flexibility index (Phi) is 6.41. The van der Waals surface area contributed by atoms with Crippen LogP contribution in [0.4, 0.5) is 14.6 Å². The third kappa shape index (κ3) is 4.32. The highest BCUT2D eigenvalue weighted by molar-refractivity contribution is 6.01. The molecule has 8 rings (SSSR count). The Labute approximate surface area is 249 Å². The molecule has 6 heterocycles. The molecule has 8 nitrogen and oxygen atoms in total. The van der Waals surface area contributed by atoms with E-state index in [2.05, 4.69) is 22.0 Å². The van der Waals surface area contributed by atoms with Crippen LogP contribution in [0.25, 0.3) is 32.9 Å². The predicted octanol–water partition coefficient (Wildman–Crippen LogP) is 5.28. The average molecular weight is 587 g/mol. The molecule has 4 fully saturated rings. The van der Waals surface area contributed by atoms with E-state index in [1.54, 1.807) is 7.11 Å². The van der Waals surface area contributed by atoms with Gasteiger partial charge in [-0.15, -0.1) is 0 Å². The summed E-state index contributed by atoms with van der Waals surface area (Å²) in [5.41, 5.74) is 0.569. The number of pyridine rings is 1. The number of ether oxygens (including phenoxy) is 2. The molecule has 0 spiro atoms. The van der Waals surface area contributed by atoms with Crippen LogP contribution in [-0.2, 0) is 0 Å². The summed E-state index contributed by atoms with van der Waals surface area (Å²) in [7, 11) is 1.55. The molecule has 0 radical (unpaired) electrons. The fourth-order valence-electron chi connectivity index (χ4n) is 8.06. The number of hydrogen-bond acceptors (Lipinski definition) is 8. The van der Waals surface area contributed by atoms with Gasteiger partial charge in [-0.25, -0.2) is 13.8 Å². The summed E-state index contributed by atoms with van der Waals surface area (Å²) in [5.74, 6) is 0.293. The lowest BCUT2D eigenvalue weighted by molar-refractivity contribution is 0.107. The molecule has 5 atom stereocenters. The minimum absolute atomic E-state index is 0.0973. The van der Waals surface area contributed by atoms with Crippen LogP contribution in [0.5, 0.6) is 11.9 Å². The zero-order chi connectivity index (χ0) is 29.3. The van der Waals surface area contributed by atoms with Crippen LogP contribution in [-0.4, -0.2) is 83.0 Å². The van der Waals surface area contributed by atoms with Crippen molar-refractivity contribution in [2.24, 2.45) is 0 Å². The highest BCUT2D eigenvalue weighted by atomic mass is 19.1. The van der Waals surface area contributed by atoms with E-state index < -0.39 is 12.0 Å². The lowest BCUT2D eigenvalue weighted by Crippen LogP contribution is -2.57. The second kappa shape index (κ2) is 10.2. The average Bonchev–Trinajstić information content (AvgIpc) is 3.70. The zero-order valence-electron chi connectivity index (χ0n) is 24.5. The Morgan fingerprint density at radius 2 is 1.93 bits per heavy atom. The van der Waals surface area contributed by atoms with Crippen LogP contribution in [0, 0.1) is 5.82 Å². The summed E-state index contributed by atoms with van der Waals surface area (Å²) in [5, 5.41) is 6.02. The maximum Gasteiger partial charge on any atom is 0.319 e. The molecule has 2 bridgehead atoms. The predicted molar refractivity (Wildman–Crippen MR) is 162 cm³/mol. The van der Waals surface area contributed by atoms with Gasteiger partial charge < -0.3 is 19.7 Å². The number of nitrogens with zero attached hydrogens (tertiary/aromatic N) is 5. The Bertz CT molecular complexity index is 1720. The van der Waals surface area contributed by atoms with Crippen molar-refractivity contribution >= 4 is 27.5 Å². The molecular formula is C33H36F2N6O2. The molecule has 4 aliphatic heterocycles. The molecule has 43 heavy (non-hydrogen) atoms. The Morgan fingerprint density at radius 1 is 1.07 bits per heavy atom. The van der Waals surface area contributed by atoms with Crippen LogP contribution in [0.2, 0.25) is 0 Å². The first-order valence-corrected chi connectivity index (χ1v) is 15.4. The van der Waals surface area contributed by atoms with Gasteiger partial charge in [0.2, 0.25) is 5.88 Å². The fraction of sp³-hybridized carbons (Fsp3) is 0.485. The second-order valence-corrected chi connectivity index (χ2v) is 12.7. The van der Waals surface area contributed by atoms with Crippen molar-refractivity contribution in [2.75, 3.05) is 38.3 Å². The molecule has 224 valence electrons. The van der Waals surface area contributed by atoms with E-state index in [9.17, 15) is 4.39 Å². The summed E-state index contributed by atoms with van der Waals surface area (Å²) < 4.78 is 43.5. The number of nitrogens with one attached hydrogen (secondary N) is 1. The monoisotopic (exact) mass is 586 g/mol. The van der Waals surface area contributed by atoms with E-state index in [4.69, 9.17) is 24.4 Å². The lowest BCUT2D eigenvalue weighted by Gasteiger charge is -2.40. The summed E-state index contributed by atoms with van der Waals surface area (Å²) in [6.07, 6.45) is 3.59. The number of piperazine rings is 1. The van der Waals surface area contributed by atoms with Crippen LogP contribution in [0.3, 0.4) is 0 Å². The van der Waals surface area contributed by atoms with E-state index >= 15 is 4.39 Å². The fourth-order valence-corrected chi connectivity index (χ4v) is 8.06. The molecule has 0 unspecified atom stereocenters. The van der Waals surface area contributed by atoms with Crippen LogP contribution in [0.15, 0.2) is 42.5 Å². The van der Waals surface area contributed by atoms with Crippen molar-refractivity contribution in [3.8, 4) is 23.1 Å². The highest BCUT2D eigenvalue weighted by Gasteiger charge is 2.49. The molecule has 0 amide bonds. The zero-order valence-corrected chi connectivity index (χ0v) is 24.5. The first-order chi connectivity index (χ1) is 20.9. The van der Waals surface area contributed by atoms with E-state index in [0.29, 0.717) is 41.8 Å². The number of hydrogen-bond donors (Lipinski definition) is 1. The smallest absolute Gasteiger partial charge is 0.319 e. The normalized spacial score (nSPS) is 28.6. The molecule has 2 aromatic carbocycles. The van der Waals surface area contributed by atoms with Crippen molar-refractivity contribution in [1.82, 2.24) is 25.2 Å². The number of rotatable bonds is 6. The molecule has 0 aliphatic carbocycles. The summed E-state index contributed by atoms with van der Waals surface area (Å²) >= 11 is 0.